The van der Waals surface area contributed by atoms with Crippen molar-refractivity contribution in [3.8, 4) is 0 Å². The van der Waals surface area contributed by atoms with Crippen molar-refractivity contribution in [2.75, 3.05) is 0 Å². The zero-order valence-electron chi connectivity index (χ0n) is 13.8. The van der Waals surface area contributed by atoms with Crippen LogP contribution in [0, 0.1) is 0 Å². The molecule has 12 heteroatoms. The zero-order chi connectivity index (χ0) is 18.8. The van der Waals surface area contributed by atoms with Gasteiger partial charge in [-0.15, -0.1) is 0 Å². The van der Waals surface area contributed by atoms with E-state index in [2.05, 4.69) is 41.3 Å². The molecule has 0 unspecified atom stereocenters. The van der Waals surface area contributed by atoms with Gasteiger partial charge in [-0.3, -0.25) is 0 Å². The normalized spacial score (nSPS) is 13.1. The first-order valence-electron chi connectivity index (χ1n) is 7.89. The summed E-state index contributed by atoms with van der Waals surface area (Å²) in [6, 6.07) is 0. The van der Waals surface area contributed by atoms with E-state index < -0.39 is 0 Å². The third-order valence-corrected chi connectivity index (χ3v) is 3.76. The maximum atomic E-state index is 4.81. The Morgan fingerprint density at radius 1 is 0.286 bits per heavy atom. The van der Waals surface area contributed by atoms with Gasteiger partial charge in [0.15, 0.2) is 0 Å². The second-order valence-corrected chi connectivity index (χ2v) is 5.47. The lowest BCUT2D eigenvalue weighted by Crippen LogP contribution is -1.84. The summed E-state index contributed by atoms with van der Waals surface area (Å²) in [5, 5.41) is 30.9. The predicted molar refractivity (Wildman–Crippen MR) is 92.9 cm³/mol. The fraction of sp³-hybridized carbons (Fsp3) is 0. The maximum Gasteiger partial charge on any atom is 0.135 e. The van der Waals surface area contributed by atoms with Crippen molar-refractivity contribution in [1.82, 2.24) is 41.3 Å². The van der Waals surface area contributed by atoms with Crippen LogP contribution < -0.4 is 0 Å². The van der Waals surface area contributed by atoms with Gasteiger partial charge < -0.3 is 0 Å². The molecule has 0 radical (unpaired) electrons. The molecule has 0 bridgehead atoms. The average Bonchev–Trinajstić information content (AvgIpc) is 3.49. The van der Waals surface area contributed by atoms with Crippen LogP contribution in [0.4, 0.5) is 0 Å². The number of fused-ring (bicyclic) bond motifs is 4. The summed E-state index contributed by atoms with van der Waals surface area (Å²) in [4.78, 5) is 0. The van der Waals surface area contributed by atoms with Crippen molar-refractivity contribution in [3.63, 3.8) is 0 Å². The molecule has 12 nitrogen and oxygen atoms in total. The highest BCUT2D eigenvalue weighted by atomic mass is 16.6. The van der Waals surface area contributed by atoms with Crippen LogP contribution in [-0.2, 0) is 0 Å². The maximum absolute atomic E-state index is 4.81. The molecular weight excluding hydrogens is 368 g/mol. The fourth-order valence-electron chi connectivity index (χ4n) is 2.37. The SMILES string of the molecule is C1=Cc2nonc2C=Cc2nonc2C=Cc2nonc2C=Cc2nonc21. The Balaban J connectivity index is 1.64. The van der Waals surface area contributed by atoms with Crippen molar-refractivity contribution < 1.29 is 18.5 Å². The Hall–Kier alpha value is -4.48. The van der Waals surface area contributed by atoms with E-state index in [9.17, 15) is 0 Å². The minimum absolute atomic E-state index is 0.484. The van der Waals surface area contributed by atoms with Crippen LogP contribution in [0.15, 0.2) is 18.5 Å². The Morgan fingerprint density at radius 3 is 0.571 bits per heavy atom. The van der Waals surface area contributed by atoms with E-state index in [-0.39, 0.29) is 0 Å². The minimum Gasteiger partial charge on any atom is -0.243 e. The van der Waals surface area contributed by atoms with Crippen LogP contribution in [0.25, 0.3) is 48.6 Å². The standard InChI is InChI=1S/C16H8N8O4/c1-2-10-12(20-26-18-10)5-6-14-16(24-28-22-14)8-7-15-13(21-27-23-15)4-3-11-9(1)17-25-19-11/h1-8H. The number of aromatic nitrogens is 8. The van der Waals surface area contributed by atoms with E-state index in [0.717, 1.165) is 0 Å². The van der Waals surface area contributed by atoms with Crippen LogP contribution >= 0.6 is 0 Å². The highest BCUT2D eigenvalue weighted by Gasteiger charge is 2.11. The van der Waals surface area contributed by atoms with Gasteiger partial charge in [0.05, 0.1) is 0 Å². The third-order valence-electron chi connectivity index (χ3n) is 3.76. The molecule has 0 aromatic carbocycles. The smallest absolute Gasteiger partial charge is 0.135 e. The van der Waals surface area contributed by atoms with Gasteiger partial charge in [0.1, 0.15) is 45.6 Å². The van der Waals surface area contributed by atoms with Crippen molar-refractivity contribution in [1.29, 1.82) is 0 Å². The molecule has 0 aliphatic heterocycles. The Morgan fingerprint density at radius 2 is 0.429 bits per heavy atom. The van der Waals surface area contributed by atoms with Crippen LogP contribution in [0.1, 0.15) is 45.6 Å². The molecule has 0 fully saturated rings. The van der Waals surface area contributed by atoms with E-state index in [1.165, 1.54) is 0 Å². The molecule has 4 aromatic heterocycles. The molecule has 4 heterocycles. The molecule has 0 saturated heterocycles. The molecule has 0 spiro atoms. The van der Waals surface area contributed by atoms with Crippen molar-refractivity contribution in [2.45, 2.75) is 0 Å². The first-order chi connectivity index (χ1) is 13.9. The predicted octanol–water partition coefficient (Wildman–Crippen LogP) is 2.21. The summed E-state index contributed by atoms with van der Waals surface area (Å²) in [5.74, 6) is 0. The Kier molecular flexibility index (Phi) is 3.76. The number of rotatable bonds is 0. The summed E-state index contributed by atoms with van der Waals surface area (Å²) in [6.45, 7) is 0. The first kappa shape index (κ1) is 15.7. The van der Waals surface area contributed by atoms with E-state index >= 15 is 0 Å². The lowest BCUT2D eigenvalue weighted by molar-refractivity contribution is 0.305. The molecule has 136 valence electrons. The van der Waals surface area contributed by atoms with Gasteiger partial charge in [0.25, 0.3) is 0 Å². The Bertz CT molecular complexity index is 964. The van der Waals surface area contributed by atoms with Gasteiger partial charge in [-0.05, 0) is 89.9 Å². The first-order valence-corrected chi connectivity index (χ1v) is 7.89. The quantitative estimate of drug-likeness (QED) is 0.389. The fourth-order valence-corrected chi connectivity index (χ4v) is 2.37. The highest BCUT2D eigenvalue weighted by molar-refractivity contribution is 5.81. The molecule has 5 rings (SSSR count). The third kappa shape index (κ3) is 2.94. The topological polar surface area (TPSA) is 156 Å². The summed E-state index contributed by atoms with van der Waals surface area (Å²) in [6.07, 6.45) is 13.4. The summed E-state index contributed by atoms with van der Waals surface area (Å²) >= 11 is 0. The lowest BCUT2D eigenvalue weighted by atomic mass is 10.2. The highest BCUT2D eigenvalue weighted by Crippen LogP contribution is 2.18. The monoisotopic (exact) mass is 376 g/mol. The molecule has 1 aliphatic carbocycles. The van der Waals surface area contributed by atoms with Gasteiger partial charge in [0.2, 0.25) is 0 Å². The van der Waals surface area contributed by atoms with Gasteiger partial charge >= 0.3 is 0 Å². The molecule has 1 aliphatic rings. The van der Waals surface area contributed by atoms with Crippen LogP contribution in [0.5, 0.6) is 0 Å². The van der Waals surface area contributed by atoms with E-state index in [1.807, 2.05) is 0 Å². The molecule has 0 N–H and O–H groups in total. The zero-order valence-corrected chi connectivity index (χ0v) is 13.8. The second-order valence-electron chi connectivity index (χ2n) is 5.47. The van der Waals surface area contributed by atoms with Gasteiger partial charge in [-0.25, -0.2) is 18.5 Å². The van der Waals surface area contributed by atoms with Crippen molar-refractivity contribution in [2.24, 2.45) is 0 Å². The summed E-state index contributed by atoms with van der Waals surface area (Å²) < 4.78 is 19.2. The van der Waals surface area contributed by atoms with Gasteiger partial charge in [-0.1, -0.05) is 0 Å². The van der Waals surface area contributed by atoms with Crippen molar-refractivity contribution in [3.05, 3.63) is 45.6 Å². The Labute approximate surface area is 154 Å². The van der Waals surface area contributed by atoms with E-state index in [1.54, 1.807) is 48.6 Å². The molecular formula is C16H8N8O4. The minimum atomic E-state index is 0.484. The average molecular weight is 376 g/mol. The van der Waals surface area contributed by atoms with Gasteiger partial charge in [-0.2, -0.15) is 0 Å². The van der Waals surface area contributed by atoms with Gasteiger partial charge in [0, 0.05) is 0 Å². The second kappa shape index (κ2) is 6.68. The summed E-state index contributed by atoms with van der Waals surface area (Å²) in [7, 11) is 0. The molecule has 0 amide bonds. The van der Waals surface area contributed by atoms with E-state index in [0.29, 0.717) is 45.6 Å². The largest absolute Gasteiger partial charge is 0.243 e. The number of hydrogen-bond donors (Lipinski definition) is 0. The van der Waals surface area contributed by atoms with Crippen LogP contribution in [-0.4, -0.2) is 41.3 Å². The number of nitrogens with zero attached hydrogens (tertiary/aromatic N) is 8. The molecule has 0 atom stereocenters. The molecule has 0 saturated carbocycles. The molecule has 28 heavy (non-hydrogen) atoms. The van der Waals surface area contributed by atoms with Crippen LogP contribution in [0.2, 0.25) is 0 Å². The van der Waals surface area contributed by atoms with Crippen LogP contribution in [0.3, 0.4) is 0 Å². The molecule has 4 aromatic rings. The lowest BCUT2D eigenvalue weighted by Gasteiger charge is -1.90. The van der Waals surface area contributed by atoms with Crippen molar-refractivity contribution >= 4 is 48.6 Å². The van der Waals surface area contributed by atoms with E-state index in [4.69, 9.17) is 18.5 Å². The summed E-state index contributed by atoms with van der Waals surface area (Å²) in [5.41, 5.74) is 3.87. The number of hydrogen-bond acceptors (Lipinski definition) is 12.